The molecule has 2 rings (SSSR count). The van der Waals surface area contributed by atoms with Gasteiger partial charge < -0.3 is 4.74 Å². The summed E-state index contributed by atoms with van der Waals surface area (Å²) >= 11 is 6.15. The van der Waals surface area contributed by atoms with E-state index in [2.05, 4.69) is 4.98 Å². The number of aromatic nitrogens is 1. The molecule has 2 aromatic rings. The van der Waals surface area contributed by atoms with Crippen LogP contribution in [0.5, 0.6) is 0 Å². The number of halogens is 1. The maximum atomic E-state index is 11.3. The Bertz CT molecular complexity index is 603. The van der Waals surface area contributed by atoms with Crippen molar-refractivity contribution in [2.45, 2.75) is 6.92 Å². The third-order valence-corrected chi connectivity index (χ3v) is 2.75. The van der Waals surface area contributed by atoms with Gasteiger partial charge in [-0.05, 0) is 30.5 Å². The molecule has 1 aromatic carbocycles. The summed E-state index contributed by atoms with van der Waals surface area (Å²) < 4.78 is 4.82. The van der Waals surface area contributed by atoms with E-state index in [1.807, 2.05) is 18.2 Å². The van der Waals surface area contributed by atoms with Gasteiger partial charge in [-0.2, -0.15) is 0 Å². The van der Waals surface area contributed by atoms with Crippen molar-refractivity contribution in [1.29, 1.82) is 0 Å². The molecule has 0 aliphatic carbocycles. The van der Waals surface area contributed by atoms with E-state index in [-0.39, 0.29) is 5.97 Å². The average Bonchev–Trinajstić information content (AvgIpc) is 2.37. The van der Waals surface area contributed by atoms with Crippen molar-refractivity contribution in [3.8, 4) is 0 Å². The molecular weight excluding hydrogens is 250 g/mol. The van der Waals surface area contributed by atoms with Gasteiger partial charge in [0.1, 0.15) is 0 Å². The standard InChI is InChI=1S/C14H12ClNO2/c1-2-18-13(17)7-6-12-14-10(8-9-16-12)4-3-5-11(14)15/h3-9H,2H2,1H3/b7-6+. The van der Waals surface area contributed by atoms with Crippen LogP contribution in [0.1, 0.15) is 12.6 Å². The zero-order chi connectivity index (χ0) is 13.0. The summed E-state index contributed by atoms with van der Waals surface area (Å²) in [4.78, 5) is 15.5. The largest absolute Gasteiger partial charge is 0.463 e. The minimum Gasteiger partial charge on any atom is -0.463 e. The number of esters is 1. The Hall–Kier alpha value is -1.87. The van der Waals surface area contributed by atoms with Crippen LogP contribution in [0.2, 0.25) is 5.02 Å². The molecule has 1 heterocycles. The van der Waals surface area contributed by atoms with Crippen LogP contribution in [0.4, 0.5) is 0 Å². The van der Waals surface area contributed by atoms with Gasteiger partial charge in [0.15, 0.2) is 0 Å². The van der Waals surface area contributed by atoms with Crippen molar-refractivity contribution >= 4 is 34.4 Å². The molecule has 1 aromatic heterocycles. The first-order valence-electron chi connectivity index (χ1n) is 5.60. The normalized spacial score (nSPS) is 11.0. The van der Waals surface area contributed by atoms with Crippen molar-refractivity contribution in [3.63, 3.8) is 0 Å². The third-order valence-electron chi connectivity index (χ3n) is 2.43. The molecule has 0 saturated heterocycles. The van der Waals surface area contributed by atoms with Crippen LogP contribution in [-0.4, -0.2) is 17.6 Å². The summed E-state index contributed by atoms with van der Waals surface area (Å²) in [5.74, 6) is -0.386. The lowest BCUT2D eigenvalue weighted by atomic mass is 10.1. The second-order valence-corrected chi connectivity index (χ2v) is 4.03. The second-order valence-electron chi connectivity index (χ2n) is 3.62. The van der Waals surface area contributed by atoms with E-state index in [4.69, 9.17) is 16.3 Å². The van der Waals surface area contributed by atoms with E-state index >= 15 is 0 Å². The van der Waals surface area contributed by atoms with E-state index < -0.39 is 0 Å². The number of hydrogen-bond acceptors (Lipinski definition) is 3. The average molecular weight is 262 g/mol. The highest BCUT2D eigenvalue weighted by Crippen LogP contribution is 2.26. The molecule has 4 heteroatoms. The van der Waals surface area contributed by atoms with Crippen LogP contribution in [0, 0.1) is 0 Å². The molecular formula is C14H12ClNO2. The molecule has 0 bridgehead atoms. The summed E-state index contributed by atoms with van der Waals surface area (Å²) in [7, 11) is 0. The summed E-state index contributed by atoms with van der Waals surface area (Å²) in [6.45, 7) is 2.12. The first kappa shape index (κ1) is 12.6. The third kappa shape index (κ3) is 2.68. The molecule has 0 aliphatic heterocycles. The van der Waals surface area contributed by atoms with Crippen molar-refractivity contribution in [2.75, 3.05) is 6.61 Å². The molecule has 0 unspecified atom stereocenters. The predicted molar refractivity (Wildman–Crippen MR) is 72.4 cm³/mol. The number of fused-ring (bicyclic) bond motifs is 1. The number of pyridine rings is 1. The number of nitrogens with zero attached hydrogens (tertiary/aromatic N) is 1. The van der Waals surface area contributed by atoms with Crippen LogP contribution in [0.25, 0.3) is 16.8 Å². The van der Waals surface area contributed by atoms with E-state index in [0.717, 1.165) is 10.8 Å². The van der Waals surface area contributed by atoms with E-state index in [9.17, 15) is 4.79 Å². The Morgan fingerprint density at radius 2 is 2.28 bits per heavy atom. The first-order valence-corrected chi connectivity index (χ1v) is 5.98. The van der Waals surface area contributed by atoms with Crippen LogP contribution in [0.15, 0.2) is 36.5 Å². The van der Waals surface area contributed by atoms with Gasteiger partial charge in [-0.3, -0.25) is 4.98 Å². The Kier molecular flexibility index (Phi) is 3.95. The molecule has 0 N–H and O–H groups in total. The van der Waals surface area contributed by atoms with Crippen molar-refractivity contribution in [2.24, 2.45) is 0 Å². The highest BCUT2D eigenvalue weighted by atomic mass is 35.5. The highest BCUT2D eigenvalue weighted by Gasteiger charge is 2.04. The molecule has 92 valence electrons. The number of rotatable bonds is 3. The molecule has 0 atom stereocenters. The molecule has 0 spiro atoms. The quantitative estimate of drug-likeness (QED) is 0.627. The van der Waals surface area contributed by atoms with Crippen LogP contribution < -0.4 is 0 Å². The van der Waals surface area contributed by atoms with Crippen LogP contribution in [-0.2, 0) is 9.53 Å². The highest BCUT2D eigenvalue weighted by molar-refractivity contribution is 6.36. The molecule has 0 radical (unpaired) electrons. The summed E-state index contributed by atoms with van der Waals surface area (Å²) in [6, 6.07) is 7.50. The molecule has 18 heavy (non-hydrogen) atoms. The van der Waals surface area contributed by atoms with Crippen molar-refractivity contribution in [1.82, 2.24) is 4.98 Å². The predicted octanol–water partition coefficient (Wildman–Crippen LogP) is 3.46. The van der Waals surface area contributed by atoms with E-state index in [1.165, 1.54) is 6.08 Å². The molecule has 0 saturated carbocycles. The fraction of sp³-hybridized carbons (Fsp3) is 0.143. The Morgan fingerprint density at radius 1 is 1.44 bits per heavy atom. The molecule has 0 amide bonds. The zero-order valence-corrected chi connectivity index (χ0v) is 10.6. The Labute approximate surface area is 110 Å². The zero-order valence-electron chi connectivity index (χ0n) is 9.89. The van der Waals surface area contributed by atoms with Gasteiger partial charge in [0.2, 0.25) is 0 Å². The maximum absolute atomic E-state index is 11.3. The fourth-order valence-electron chi connectivity index (χ4n) is 1.68. The molecule has 0 aliphatic rings. The minimum absolute atomic E-state index is 0.354. The fourth-order valence-corrected chi connectivity index (χ4v) is 1.95. The SMILES string of the molecule is CCOC(=O)/C=C/c1nccc2cccc(Cl)c12. The first-order chi connectivity index (χ1) is 8.72. The van der Waals surface area contributed by atoms with Crippen molar-refractivity contribution < 1.29 is 9.53 Å². The monoisotopic (exact) mass is 261 g/mol. The lowest BCUT2D eigenvalue weighted by Crippen LogP contribution is -1.98. The molecule has 0 fully saturated rings. The van der Waals surface area contributed by atoms with Crippen molar-refractivity contribution in [3.05, 3.63) is 47.3 Å². The number of carbonyl (C=O) groups excluding carboxylic acids is 1. The second kappa shape index (κ2) is 5.65. The van der Waals surface area contributed by atoms with E-state index in [1.54, 1.807) is 25.3 Å². The maximum Gasteiger partial charge on any atom is 0.330 e. The number of ether oxygens (including phenoxy) is 1. The lowest BCUT2D eigenvalue weighted by molar-refractivity contribution is -0.137. The molecule has 3 nitrogen and oxygen atoms in total. The minimum atomic E-state index is -0.386. The van der Waals surface area contributed by atoms with Gasteiger partial charge in [-0.1, -0.05) is 23.7 Å². The van der Waals surface area contributed by atoms with Gasteiger partial charge >= 0.3 is 5.97 Å². The van der Waals surface area contributed by atoms with Gasteiger partial charge in [-0.15, -0.1) is 0 Å². The summed E-state index contributed by atoms with van der Waals surface area (Å²) in [5.41, 5.74) is 0.658. The smallest absolute Gasteiger partial charge is 0.330 e. The lowest BCUT2D eigenvalue weighted by Gasteiger charge is -2.03. The van der Waals surface area contributed by atoms with Crippen LogP contribution >= 0.6 is 11.6 Å². The van der Waals surface area contributed by atoms with Gasteiger partial charge in [0.25, 0.3) is 0 Å². The summed E-state index contributed by atoms with van der Waals surface area (Å²) in [6.07, 6.45) is 4.66. The van der Waals surface area contributed by atoms with Gasteiger partial charge in [0.05, 0.1) is 17.3 Å². The van der Waals surface area contributed by atoms with Crippen LogP contribution in [0.3, 0.4) is 0 Å². The topological polar surface area (TPSA) is 39.2 Å². The summed E-state index contributed by atoms with van der Waals surface area (Å²) in [5, 5.41) is 2.44. The number of hydrogen-bond donors (Lipinski definition) is 0. The Balaban J connectivity index is 2.42. The number of benzene rings is 1. The van der Waals surface area contributed by atoms with E-state index in [0.29, 0.717) is 17.3 Å². The van der Waals surface area contributed by atoms with Gasteiger partial charge in [0, 0.05) is 17.7 Å². The Morgan fingerprint density at radius 3 is 3.06 bits per heavy atom. The van der Waals surface area contributed by atoms with Gasteiger partial charge in [-0.25, -0.2) is 4.79 Å². The number of carbonyl (C=O) groups is 1.